The van der Waals surface area contributed by atoms with E-state index in [1.807, 2.05) is 32.1 Å². The van der Waals surface area contributed by atoms with Gasteiger partial charge in [0.15, 0.2) is 5.90 Å². The number of ether oxygens (including phenoxy) is 1. The summed E-state index contributed by atoms with van der Waals surface area (Å²) in [6.45, 7) is 7.31. The predicted molar refractivity (Wildman–Crippen MR) is 128 cm³/mol. The van der Waals surface area contributed by atoms with E-state index >= 15 is 0 Å². The van der Waals surface area contributed by atoms with Crippen LogP contribution in [0.25, 0.3) is 0 Å². The first-order valence-electron chi connectivity index (χ1n) is 9.37. The number of benzene rings is 1. The van der Waals surface area contributed by atoms with Gasteiger partial charge in [-0.25, -0.2) is 4.99 Å². The normalized spacial score (nSPS) is 23.2. The standard InChI is InChI=1S/C19H21INOS.C5H5.Fe/c1-19(2,3)16-11-22-18(21-16)17-14(9-10-15(17)20)12-5-7-13(23-4)8-6-12;1-2-4-5-3-1;/h5-10,16H,11H2,1-4H3;1-5H;/q;;+2/t16-;;/m1../s1. The summed E-state index contributed by atoms with van der Waals surface area (Å²) < 4.78 is 7.16. The second-order valence-corrected chi connectivity index (χ2v) is 9.83. The molecule has 1 heterocycles. The van der Waals surface area contributed by atoms with Crippen molar-refractivity contribution in [1.29, 1.82) is 0 Å². The maximum atomic E-state index is 5.97. The van der Waals surface area contributed by atoms with Gasteiger partial charge in [0.1, 0.15) is 6.61 Å². The minimum atomic E-state index is 0. The van der Waals surface area contributed by atoms with Crippen LogP contribution in [0.2, 0.25) is 0 Å². The van der Waals surface area contributed by atoms with Crippen molar-refractivity contribution in [3.8, 4) is 0 Å². The van der Waals surface area contributed by atoms with E-state index in [4.69, 9.17) is 9.73 Å². The van der Waals surface area contributed by atoms with Crippen molar-refractivity contribution in [1.82, 2.24) is 0 Å². The summed E-state index contributed by atoms with van der Waals surface area (Å²) in [4.78, 5) is 6.14. The van der Waals surface area contributed by atoms with E-state index in [9.17, 15) is 0 Å². The largest absolute Gasteiger partial charge is 2.00 e. The van der Waals surface area contributed by atoms with Gasteiger partial charge in [0.25, 0.3) is 0 Å². The first kappa shape index (κ1) is 25.5. The van der Waals surface area contributed by atoms with Crippen molar-refractivity contribution in [2.75, 3.05) is 12.9 Å². The molecular weight excluding hydrogens is 533 g/mol. The van der Waals surface area contributed by atoms with Gasteiger partial charge < -0.3 is 4.74 Å². The average molecular weight is 559 g/mol. The molecule has 152 valence electrons. The first-order valence-corrected chi connectivity index (χ1v) is 11.7. The van der Waals surface area contributed by atoms with Crippen molar-refractivity contribution in [2.45, 2.75) is 31.7 Å². The zero-order valence-electron chi connectivity index (χ0n) is 17.1. The Morgan fingerprint density at radius 1 is 1.00 bits per heavy atom. The Morgan fingerprint density at radius 2 is 1.59 bits per heavy atom. The molecule has 1 aliphatic heterocycles. The van der Waals surface area contributed by atoms with E-state index in [1.165, 1.54) is 20.3 Å². The van der Waals surface area contributed by atoms with E-state index in [1.54, 1.807) is 11.8 Å². The van der Waals surface area contributed by atoms with Gasteiger partial charge >= 0.3 is 17.1 Å². The Hall–Kier alpha value is 0.289. The fraction of sp³-hybridized carbons (Fsp3) is 0.292. The number of hydrogen-bond donors (Lipinski definition) is 0. The molecule has 4 rings (SSSR count). The summed E-state index contributed by atoms with van der Waals surface area (Å²) in [5, 5.41) is 0. The molecule has 0 unspecified atom stereocenters. The summed E-state index contributed by atoms with van der Waals surface area (Å²) in [5.74, 6) is 3.13. The Kier molecular flexibility index (Phi) is 10.4. The Morgan fingerprint density at radius 3 is 2.07 bits per heavy atom. The van der Waals surface area contributed by atoms with Crippen LogP contribution in [0.15, 0.2) is 34.2 Å². The van der Waals surface area contributed by atoms with Crippen LogP contribution < -0.4 is 0 Å². The Bertz CT molecular complexity index is 646. The molecule has 1 aromatic rings. The monoisotopic (exact) mass is 559 g/mol. The number of thioether (sulfide) groups is 1. The van der Waals surface area contributed by atoms with Gasteiger partial charge in [-0.2, -0.15) is 0 Å². The van der Waals surface area contributed by atoms with Gasteiger partial charge in [0.05, 0.1) is 15.9 Å². The van der Waals surface area contributed by atoms with Crippen molar-refractivity contribution in [3.05, 3.63) is 90.5 Å². The second kappa shape index (κ2) is 11.8. The van der Waals surface area contributed by atoms with E-state index in [0.29, 0.717) is 6.61 Å². The van der Waals surface area contributed by atoms with Crippen LogP contribution in [0.1, 0.15) is 26.3 Å². The molecule has 0 spiro atoms. The topological polar surface area (TPSA) is 21.6 Å². The summed E-state index contributed by atoms with van der Waals surface area (Å²) in [7, 11) is 0. The van der Waals surface area contributed by atoms with E-state index < -0.39 is 0 Å². The molecule has 0 N–H and O–H groups in total. The quantitative estimate of drug-likeness (QED) is 0.252. The third kappa shape index (κ3) is 6.89. The van der Waals surface area contributed by atoms with Gasteiger partial charge in [-0.1, -0.05) is 55.5 Å². The molecule has 0 bridgehead atoms. The SMILES string of the molecule is CSc1ccc([C]2[CH][CH][C](I)[C]2C2=N[C@@H](C(C)(C)C)CO2)cc1.[CH]1[CH][CH][CH][CH]1.[Fe+2]. The van der Waals surface area contributed by atoms with Crippen LogP contribution in [0.3, 0.4) is 0 Å². The van der Waals surface area contributed by atoms with Crippen LogP contribution in [0.4, 0.5) is 0 Å². The van der Waals surface area contributed by atoms with Gasteiger partial charge in [-0.05, 0) is 74.3 Å². The van der Waals surface area contributed by atoms with Crippen molar-refractivity contribution in [2.24, 2.45) is 10.4 Å². The van der Waals surface area contributed by atoms with Gasteiger partial charge in [-0.15, -0.1) is 11.8 Å². The molecule has 2 aliphatic carbocycles. The number of halogens is 1. The predicted octanol–water partition coefficient (Wildman–Crippen LogP) is 6.16. The summed E-state index contributed by atoms with van der Waals surface area (Å²) in [6.07, 6.45) is 16.4. The number of aliphatic imine (C=N–C) groups is 1. The third-order valence-corrected chi connectivity index (χ3v) is 6.37. The van der Waals surface area contributed by atoms with Crippen LogP contribution in [-0.2, 0) is 21.8 Å². The summed E-state index contributed by atoms with van der Waals surface area (Å²) >= 11 is 4.14. The minimum absolute atomic E-state index is 0. The van der Waals surface area contributed by atoms with Gasteiger partial charge in [0, 0.05) is 10.8 Å². The smallest absolute Gasteiger partial charge is 0.478 e. The maximum Gasteiger partial charge on any atom is 2.00 e. The van der Waals surface area contributed by atoms with Crippen molar-refractivity contribution in [3.63, 3.8) is 0 Å². The van der Waals surface area contributed by atoms with Crippen LogP contribution >= 0.6 is 34.4 Å². The molecule has 1 aromatic carbocycles. The van der Waals surface area contributed by atoms with Gasteiger partial charge in [0.2, 0.25) is 0 Å². The van der Waals surface area contributed by atoms with Crippen LogP contribution in [0.5, 0.6) is 0 Å². The average Bonchev–Trinajstić information content (AvgIpc) is 3.43. The molecule has 5 heteroatoms. The minimum Gasteiger partial charge on any atom is -0.478 e. The van der Waals surface area contributed by atoms with E-state index in [0.717, 1.165) is 11.8 Å². The fourth-order valence-electron chi connectivity index (χ4n) is 2.96. The molecule has 0 saturated heterocycles. The third-order valence-electron chi connectivity index (χ3n) is 4.73. The Balaban J connectivity index is 0.000000437. The molecule has 1 atom stereocenters. The van der Waals surface area contributed by atoms with Crippen LogP contribution in [-0.4, -0.2) is 24.8 Å². The second-order valence-electron chi connectivity index (χ2n) is 7.79. The zero-order valence-corrected chi connectivity index (χ0v) is 21.2. The molecule has 2 nitrogen and oxygen atoms in total. The molecule has 0 amide bonds. The molecule has 2 fully saturated rings. The molecule has 3 aliphatic rings. The van der Waals surface area contributed by atoms with E-state index in [2.05, 4.69) is 86.7 Å². The molecule has 2 saturated carbocycles. The summed E-state index contributed by atoms with van der Waals surface area (Å²) in [5.41, 5.74) is 1.34. The van der Waals surface area contributed by atoms with Crippen LogP contribution in [0, 0.1) is 66.1 Å². The van der Waals surface area contributed by atoms with Gasteiger partial charge in [-0.3, -0.25) is 0 Å². The molecule has 29 heavy (non-hydrogen) atoms. The Labute approximate surface area is 206 Å². The van der Waals surface area contributed by atoms with E-state index in [-0.39, 0.29) is 28.5 Å². The number of hydrogen-bond acceptors (Lipinski definition) is 3. The molecular formula is C24H26FeINOS+2. The van der Waals surface area contributed by atoms with Crippen molar-refractivity contribution < 1.29 is 21.8 Å². The van der Waals surface area contributed by atoms with Crippen molar-refractivity contribution >= 4 is 40.3 Å². The molecule has 0 aromatic heterocycles. The maximum absolute atomic E-state index is 5.97. The zero-order chi connectivity index (χ0) is 20.1. The first-order chi connectivity index (χ1) is 13.4. The fourth-order valence-corrected chi connectivity index (χ4v) is 4.06. The molecule has 10 radical (unpaired) electrons. The summed E-state index contributed by atoms with van der Waals surface area (Å²) in [6, 6.07) is 8.90. The number of nitrogens with zero attached hydrogens (tertiary/aromatic N) is 1. The number of rotatable bonds is 3.